The highest BCUT2D eigenvalue weighted by Crippen LogP contribution is 2.37. The number of hydrogen-bond acceptors (Lipinski definition) is 32. The van der Waals surface area contributed by atoms with E-state index >= 15 is 0 Å². The van der Waals surface area contributed by atoms with Crippen molar-refractivity contribution in [2.24, 2.45) is 23.7 Å². The van der Waals surface area contributed by atoms with E-state index in [4.69, 9.17) is 45.3 Å². The molecule has 126 heavy (non-hydrogen) atoms. The molecule has 7 saturated heterocycles. The van der Waals surface area contributed by atoms with Gasteiger partial charge < -0.3 is 60.9 Å². The quantitative estimate of drug-likeness (QED) is 0.0211. The Labute approximate surface area is 756 Å². The standard InChI is InChI=1S/C24H31N5O3S.C23H30N6O2S.C18H22N6OS.C12H14N4O3.C12H17NOS.ClH/c1-31-24-23-22(25-16-26-24)19(29(27-23)21-9-5-6-10-32-21)12-28-11-18(20(30)13-28)15-33-14-17-7-3-2-4-8-17;24-23-22-21(25-15-26-23)18(29(27-22)20-8-4-5-9-31-20)11-28-10-17(19(30)12-28)14-32-13-16-6-2-1-3-7-16;19-18-17-16(20-11-21-18)14(22-23-17)7-24-6-13(15(25)8-24)10-26-9-12-4-2-1-3-5-12;1-18-12-11-10(13-7-14-12)8(6-17)16(15-11)9-4-2-3-5-19-9;14-12-7-13-6-11(12)9-15-8-10-4-2-1-3-5-10;/h2-4,7-8,16,18,20-21,30H,5-6,9-15H2,1H3;1-3,6-7,15,17,19-20,30H,4-5,8-14H2,(H2,24,25,26);1-5,11,13,15,25H,6-10H2,(H,22,23)(H2,19,20,21);6-7,9H,2-5H2,1H3;1-5,11-14H,6-9H2;1H/t18-,20?,21?;17-,19?,20?;13-,15?;;11-,12?;/m111.1./s1. The average molecular weight is 1820 g/mol. The molecule has 19 rings (SSSR count). The summed E-state index contributed by atoms with van der Waals surface area (Å²) in [5.41, 5.74) is 25.8. The second-order valence-electron chi connectivity index (χ2n) is 32.5. The largest absolute Gasteiger partial charge is 0.479 e. The van der Waals surface area contributed by atoms with Crippen LogP contribution in [0.5, 0.6) is 11.8 Å². The van der Waals surface area contributed by atoms with E-state index < -0.39 is 0 Å². The Morgan fingerprint density at radius 2 is 0.794 bits per heavy atom. The Balaban J connectivity index is 0.000000131. The molecule has 0 radical (unpaired) electrons. The fraction of sp³-hybridized carbons (Fsp3) is 0.494. The summed E-state index contributed by atoms with van der Waals surface area (Å²) in [7, 11) is 3.12. The van der Waals surface area contributed by atoms with Crippen LogP contribution in [0.15, 0.2) is 147 Å². The second-order valence-corrected chi connectivity index (χ2v) is 36.6. The van der Waals surface area contributed by atoms with E-state index in [1.54, 1.807) is 11.8 Å². The summed E-state index contributed by atoms with van der Waals surface area (Å²) in [5, 5.41) is 65.9. The number of halogens is 1. The van der Waals surface area contributed by atoms with Crippen molar-refractivity contribution in [1.29, 1.82) is 0 Å². The zero-order valence-corrected chi connectivity index (χ0v) is 75.3. The maximum atomic E-state index is 11.3. The minimum Gasteiger partial charge on any atom is -0.479 e. The SMILES string of the molecule is COc1ncnc2c(C=O)n(C3CCCCO3)nc12.COc1ncnc2c(CN3CC(O)[C@@H](CSCc4ccccc4)C3)n(C3CCCCO3)nc12.Cl.Nc1ncnc2c(CN3CC(O)[C@@H](CSCc4ccccc4)C3)[nH]nc12.Nc1ncnc2c(CN3CC(O)[C@@H](CSCc4ccccc4)C3)n(C3CCCCO3)nc12.OC1CNC[C@@H]1CSCc1ccccc1. The Morgan fingerprint density at radius 1 is 0.421 bits per heavy atom. The number of aliphatic hydroxyl groups excluding tert-OH is 4. The van der Waals surface area contributed by atoms with Crippen molar-refractivity contribution in [3.8, 4) is 11.8 Å². The molecule has 10 N–H and O–H groups in total. The number of aliphatic hydroxyl groups is 4. The minimum absolute atomic E-state index is 0. The van der Waals surface area contributed by atoms with Gasteiger partial charge in [0, 0.05) is 162 Å². The van der Waals surface area contributed by atoms with E-state index in [0.29, 0.717) is 108 Å². The molecule has 32 nitrogen and oxygen atoms in total. The zero-order chi connectivity index (χ0) is 86.2. The summed E-state index contributed by atoms with van der Waals surface area (Å²) in [5.74, 6) is 10.6. The molecule has 672 valence electrons. The van der Waals surface area contributed by atoms with Gasteiger partial charge in [-0.25, -0.2) is 43.9 Å². The summed E-state index contributed by atoms with van der Waals surface area (Å²) >= 11 is 7.56. The van der Waals surface area contributed by atoms with E-state index in [1.165, 1.54) is 54.7 Å². The third-order valence-corrected chi connectivity index (χ3v) is 28.3. The number of rotatable bonds is 28. The number of likely N-dealkylation sites (tertiary alicyclic amines) is 3. The lowest BCUT2D eigenvalue weighted by atomic mass is 10.1. The minimum atomic E-state index is -0.328. The first-order valence-electron chi connectivity index (χ1n) is 43.1. The van der Waals surface area contributed by atoms with Crippen LogP contribution in [0.2, 0.25) is 0 Å². The Kier molecular flexibility index (Phi) is 34.8. The first-order chi connectivity index (χ1) is 61.3. The van der Waals surface area contributed by atoms with Gasteiger partial charge in [0.25, 0.3) is 0 Å². The molecule has 0 aliphatic carbocycles. The third kappa shape index (κ3) is 24.4. The van der Waals surface area contributed by atoms with Gasteiger partial charge in [-0.1, -0.05) is 121 Å². The lowest BCUT2D eigenvalue weighted by molar-refractivity contribution is -0.0416. The number of ether oxygens (including phenoxy) is 5. The molecule has 0 bridgehead atoms. The topological polar surface area (TPSA) is 403 Å². The van der Waals surface area contributed by atoms with Crippen molar-refractivity contribution >= 4 is 122 Å². The fourth-order valence-corrected chi connectivity index (χ4v) is 21.6. The zero-order valence-electron chi connectivity index (χ0n) is 71.2. The van der Waals surface area contributed by atoms with Gasteiger partial charge in [-0.3, -0.25) is 24.6 Å². The van der Waals surface area contributed by atoms with Crippen molar-refractivity contribution in [3.05, 3.63) is 192 Å². The van der Waals surface area contributed by atoms with Gasteiger partial charge in [0.15, 0.2) is 58.7 Å². The molecule has 7 fully saturated rings. The van der Waals surface area contributed by atoms with Gasteiger partial charge >= 0.3 is 0 Å². The number of benzene rings is 4. The predicted molar refractivity (Wildman–Crippen MR) is 496 cm³/mol. The van der Waals surface area contributed by atoms with E-state index in [1.807, 2.05) is 80.7 Å². The van der Waals surface area contributed by atoms with Crippen LogP contribution in [0, 0.1) is 23.7 Å². The molecular weight excluding hydrogens is 1700 g/mol. The summed E-state index contributed by atoms with van der Waals surface area (Å²) in [6.07, 6.45) is 14.3. The maximum Gasteiger partial charge on any atom is 0.245 e. The lowest BCUT2D eigenvalue weighted by Crippen LogP contribution is -2.26. The molecule has 8 aromatic heterocycles. The number of nitrogen functional groups attached to an aromatic ring is 2. The Hall–Kier alpha value is -8.80. The predicted octanol–water partition coefficient (Wildman–Crippen LogP) is 11.0. The molecular formula is C89H115ClN22O10S4. The number of nitrogens with zero attached hydrogens (tertiary/aromatic N) is 18. The number of methoxy groups -OCH3 is 2. The molecule has 37 heteroatoms. The maximum absolute atomic E-state index is 11.3. The number of carbonyl (C=O) groups excluding carboxylic acids is 1. The van der Waals surface area contributed by atoms with Crippen molar-refractivity contribution < 1.29 is 48.9 Å². The number of H-pyrrole nitrogens is 1. The van der Waals surface area contributed by atoms with Crippen molar-refractivity contribution in [3.63, 3.8) is 0 Å². The molecule has 0 saturated carbocycles. The van der Waals surface area contributed by atoms with Crippen LogP contribution in [0.1, 0.15) is 126 Å². The number of aromatic amines is 1. The number of fused-ring (bicyclic) bond motifs is 4. The third-order valence-electron chi connectivity index (χ3n) is 23.5. The number of thioether (sulfide) groups is 4. The summed E-state index contributed by atoms with van der Waals surface area (Å²) < 4.78 is 33.8. The van der Waals surface area contributed by atoms with Crippen molar-refractivity contribution in [1.82, 2.24) is 99.4 Å². The number of aromatic nitrogens is 16. The Morgan fingerprint density at radius 3 is 1.21 bits per heavy atom. The van der Waals surface area contributed by atoms with E-state index in [0.717, 1.165) is 190 Å². The Bertz CT molecular complexity index is 5340. The molecule has 7 aliphatic rings. The van der Waals surface area contributed by atoms with Crippen LogP contribution < -0.4 is 26.3 Å². The van der Waals surface area contributed by atoms with Gasteiger partial charge in [0.05, 0.1) is 55.7 Å². The number of β-amino-alcohol motifs (C(OH)–C–C–N with tert-alkyl or cyclic N) is 4. The normalized spacial score (nSPS) is 22.7. The number of hydrogen-bond donors (Lipinski definition) is 8. The second kappa shape index (κ2) is 47.0. The molecule has 11 atom stereocenters. The molecule has 7 aliphatic heterocycles. The number of aldehydes is 1. The molecule has 12 aromatic rings. The molecule has 4 aromatic carbocycles. The number of nitrogens with one attached hydrogen (secondary N) is 2. The highest BCUT2D eigenvalue weighted by atomic mass is 35.5. The van der Waals surface area contributed by atoms with Crippen LogP contribution >= 0.6 is 59.5 Å². The molecule has 15 heterocycles. The van der Waals surface area contributed by atoms with Crippen molar-refractivity contribution in [2.75, 3.05) is 121 Å². The van der Waals surface area contributed by atoms with Crippen LogP contribution in [-0.4, -0.2) is 255 Å². The summed E-state index contributed by atoms with van der Waals surface area (Å²) in [4.78, 5) is 51.9. The number of carbonyl (C=O) groups is 1. The van der Waals surface area contributed by atoms with Gasteiger partial charge in [-0.2, -0.15) is 77.4 Å². The smallest absolute Gasteiger partial charge is 0.245 e. The van der Waals surface area contributed by atoms with Crippen LogP contribution in [0.3, 0.4) is 0 Å². The van der Waals surface area contributed by atoms with Crippen LogP contribution in [0.4, 0.5) is 11.6 Å². The first kappa shape index (κ1) is 93.4. The fourth-order valence-electron chi connectivity index (χ4n) is 16.8. The number of nitrogens with two attached hydrogens (primary N) is 2. The number of anilines is 2. The highest BCUT2D eigenvalue weighted by molar-refractivity contribution is 7.99. The molecule has 7 unspecified atom stereocenters. The van der Waals surface area contributed by atoms with Crippen LogP contribution in [-0.2, 0) is 56.9 Å². The van der Waals surface area contributed by atoms with E-state index in [-0.39, 0.29) is 73.3 Å². The lowest BCUT2D eigenvalue weighted by Gasteiger charge is -2.25. The van der Waals surface area contributed by atoms with Gasteiger partial charge in [-0.15, -0.1) is 12.4 Å². The molecule has 0 spiro atoms. The first-order valence-corrected chi connectivity index (χ1v) is 47.8. The van der Waals surface area contributed by atoms with E-state index in [9.17, 15) is 25.2 Å². The van der Waals surface area contributed by atoms with E-state index in [2.05, 4.69) is 172 Å². The van der Waals surface area contributed by atoms with Gasteiger partial charge in [0.2, 0.25) is 11.8 Å². The highest BCUT2D eigenvalue weighted by Gasteiger charge is 2.38. The van der Waals surface area contributed by atoms with Gasteiger partial charge in [-0.05, 0) is 80.0 Å². The molecule has 0 amide bonds. The monoisotopic (exact) mass is 1810 g/mol. The summed E-state index contributed by atoms with van der Waals surface area (Å²) in [6.45, 7) is 10.4. The summed E-state index contributed by atoms with van der Waals surface area (Å²) in [6, 6.07) is 41.9. The van der Waals surface area contributed by atoms with Crippen molar-refractivity contribution in [2.45, 2.75) is 144 Å². The average Bonchev–Trinajstić information content (AvgIpc) is 1.61. The van der Waals surface area contributed by atoms with Crippen LogP contribution in [0.25, 0.3) is 44.1 Å². The van der Waals surface area contributed by atoms with Gasteiger partial charge in [0.1, 0.15) is 53.1 Å².